The molecule has 0 radical (unpaired) electrons. The minimum absolute atomic E-state index is 0.0492. The molecule has 2 aliphatic rings. The second-order valence-electron chi connectivity index (χ2n) is 7.32. The Bertz CT molecular complexity index is 564. The normalized spacial score (nSPS) is 25.0. The second-order valence-corrected chi connectivity index (χ2v) is 7.72. The van der Waals surface area contributed by atoms with Crippen molar-refractivity contribution in [3.8, 4) is 0 Å². The fourth-order valence-electron chi connectivity index (χ4n) is 4.28. The van der Waals surface area contributed by atoms with Crippen LogP contribution in [0.15, 0.2) is 12.1 Å². The van der Waals surface area contributed by atoms with E-state index in [2.05, 4.69) is 16.3 Å². The summed E-state index contributed by atoms with van der Waals surface area (Å²) < 4.78 is 0. The highest BCUT2D eigenvalue weighted by Crippen LogP contribution is 2.36. The van der Waals surface area contributed by atoms with Crippen molar-refractivity contribution in [2.24, 2.45) is 11.8 Å². The van der Waals surface area contributed by atoms with Gasteiger partial charge in [0.1, 0.15) is 0 Å². The maximum Gasteiger partial charge on any atom is 0.238 e. The maximum absolute atomic E-state index is 12.4. The Kier molecular flexibility index (Phi) is 5.27. The molecular weight excluding hydrogens is 308 g/mol. The number of piperidine rings is 1. The van der Waals surface area contributed by atoms with Gasteiger partial charge in [0.25, 0.3) is 0 Å². The van der Waals surface area contributed by atoms with Gasteiger partial charge in [-0.25, -0.2) is 0 Å². The fraction of sp³-hybridized carbons (Fsp3) is 0.632. The van der Waals surface area contributed by atoms with Gasteiger partial charge in [-0.1, -0.05) is 36.9 Å². The Labute approximate surface area is 144 Å². The topological polar surface area (TPSA) is 32.3 Å². The van der Waals surface area contributed by atoms with Crippen molar-refractivity contribution in [3.63, 3.8) is 0 Å². The number of hydrogen-bond acceptors (Lipinski definition) is 2. The number of amides is 1. The molecule has 0 unspecified atom stereocenters. The second kappa shape index (κ2) is 7.23. The van der Waals surface area contributed by atoms with Gasteiger partial charge in [0, 0.05) is 6.54 Å². The molecule has 1 aliphatic carbocycles. The highest BCUT2D eigenvalue weighted by atomic mass is 35.5. The molecule has 1 amide bonds. The predicted octanol–water partition coefficient (Wildman–Crippen LogP) is 4.41. The van der Waals surface area contributed by atoms with Gasteiger partial charge in [0.15, 0.2) is 0 Å². The third-order valence-electron chi connectivity index (χ3n) is 5.44. The van der Waals surface area contributed by atoms with Crippen molar-refractivity contribution >= 4 is 23.2 Å². The van der Waals surface area contributed by atoms with Gasteiger partial charge in [-0.15, -0.1) is 0 Å². The number of aryl methyl sites for hydroxylation is 2. The number of nitrogens with zero attached hydrogens (tertiary/aromatic N) is 1. The number of carbonyl (C=O) groups is 1. The number of nitrogens with one attached hydrogen (secondary N) is 1. The largest absolute Gasteiger partial charge is 0.323 e. The summed E-state index contributed by atoms with van der Waals surface area (Å²) in [4.78, 5) is 14.7. The number of hydrogen-bond donors (Lipinski definition) is 1. The van der Waals surface area contributed by atoms with Gasteiger partial charge < -0.3 is 5.32 Å². The Hall–Kier alpha value is -1.06. The van der Waals surface area contributed by atoms with Gasteiger partial charge >= 0.3 is 0 Å². The van der Waals surface area contributed by atoms with E-state index in [1.165, 1.54) is 32.1 Å². The van der Waals surface area contributed by atoms with Crippen LogP contribution in [-0.2, 0) is 4.79 Å². The quantitative estimate of drug-likeness (QED) is 0.888. The lowest BCUT2D eigenvalue weighted by atomic mass is 9.75. The summed E-state index contributed by atoms with van der Waals surface area (Å²) in [7, 11) is 0. The number of fused-ring (bicyclic) bond motifs is 1. The van der Waals surface area contributed by atoms with Crippen LogP contribution < -0.4 is 5.32 Å². The monoisotopic (exact) mass is 334 g/mol. The van der Waals surface area contributed by atoms with Crippen LogP contribution in [0.2, 0.25) is 5.02 Å². The lowest BCUT2D eigenvalue weighted by molar-refractivity contribution is -0.118. The fourth-order valence-corrected chi connectivity index (χ4v) is 4.64. The molecule has 2 fully saturated rings. The molecule has 1 aliphatic heterocycles. The Morgan fingerprint density at radius 1 is 1.22 bits per heavy atom. The van der Waals surface area contributed by atoms with Gasteiger partial charge in [0.2, 0.25) is 5.91 Å². The minimum atomic E-state index is 0.0492. The molecule has 1 saturated carbocycles. The van der Waals surface area contributed by atoms with Crippen LogP contribution in [0.4, 0.5) is 5.69 Å². The van der Waals surface area contributed by atoms with E-state index >= 15 is 0 Å². The number of carbonyl (C=O) groups excluding carboxylic acids is 1. The first-order chi connectivity index (χ1) is 11.0. The van der Waals surface area contributed by atoms with E-state index in [1.807, 2.05) is 19.9 Å². The molecule has 126 valence electrons. The third kappa shape index (κ3) is 4.07. The van der Waals surface area contributed by atoms with E-state index in [1.54, 1.807) is 0 Å². The molecular formula is C19H27ClN2O. The summed E-state index contributed by atoms with van der Waals surface area (Å²) in [5.41, 5.74) is 2.90. The Morgan fingerprint density at radius 2 is 1.96 bits per heavy atom. The number of rotatable bonds is 3. The summed E-state index contributed by atoms with van der Waals surface area (Å²) in [5, 5.41) is 3.64. The lowest BCUT2D eigenvalue weighted by Crippen LogP contribution is -2.44. The molecule has 1 heterocycles. The standard InChI is InChI=1S/C19H27ClN2O/c1-13-9-14(2)19(17(20)10-13)21-18(23)12-22-8-7-15-5-3-4-6-16(15)11-22/h9-10,15-16H,3-8,11-12H2,1-2H3,(H,21,23)/t15-,16-/m1/s1. The first kappa shape index (κ1) is 16.8. The molecule has 0 aromatic heterocycles. The van der Waals surface area contributed by atoms with E-state index < -0.39 is 0 Å². The predicted molar refractivity (Wildman–Crippen MR) is 96.1 cm³/mol. The van der Waals surface area contributed by atoms with Gasteiger partial charge in [0.05, 0.1) is 17.3 Å². The van der Waals surface area contributed by atoms with Crippen molar-refractivity contribution < 1.29 is 4.79 Å². The average molecular weight is 335 g/mol. The zero-order valence-electron chi connectivity index (χ0n) is 14.2. The van der Waals surface area contributed by atoms with Crippen LogP contribution in [0.5, 0.6) is 0 Å². The molecule has 3 rings (SSSR count). The third-order valence-corrected chi connectivity index (χ3v) is 5.74. The number of halogens is 1. The van der Waals surface area contributed by atoms with Crippen molar-refractivity contribution in [3.05, 3.63) is 28.3 Å². The minimum Gasteiger partial charge on any atom is -0.323 e. The zero-order chi connectivity index (χ0) is 16.4. The highest BCUT2D eigenvalue weighted by Gasteiger charge is 2.31. The number of anilines is 1. The first-order valence-corrected chi connectivity index (χ1v) is 9.19. The van der Waals surface area contributed by atoms with E-state index in [0.29, 0.717) is 11.6 Å². The SMILES string of the molecule is Cc1cc(C)c(NC(=O)CN2CC[C@H]3CCCC[C@@H]3C2)c(Cl)c1. The number of likely N-dealkylation sites (tertiary alicyclic amines) is 1. The summed E-state index contributed by atoms with van der Waals surface area (Å²) in [5.74, 6) is 1.75. The summed E-state index contributed by atoms with van der Waals surface area (Å²) in [6, 6.07) is 3.95. The zero-order valence-corrected chi connectivity index (χ0v) is 15.0. The first-order valence-electron chi connectivity index (χ1n) is 8.82. The van der Waals surface area contributed by atoms with Crippen molar-refractivity contribution in [1.29, 1.82) is 0 Å². The summed E-state index contributed by atoms with van der Waals surface area (Å²) in [6.45, 7) is 6.61. The van der Waals surface area contributed by atoms with Gasteiger partial charge in [-0.05, 0) is 62.3 Å². The summed E-state index contributed by atoms with van der Waals surface area (Å²) in [6.07, 6.45) is 6.74. The molecule has 4 heteroatoms. The van der Waals surface area contributed by atoms with E-state index in [9.17, 15) is 4.79 Å². The molecule has 1 N–H and O–H groups in total. The van der Waals surface area contributed by atoms with E-state index in [-0.39, 0.29) is 5.91 Å². The van der Waals surface area contributed by atoms with E-state index in [0.717, 1.165) is 41.7 Å². The van der Waals surface area contributed by atoms with Crippen LogP contribution in [-0.4, -0.2) is 30.4 Å². The average Bonchev–Trinajstić information content (AvgIpc) is 2.51. The molecule has 0 spiro atoms. The van der Waals surface area contributed by atoms with Crippen LogP contribution in [0.25, 0.3) is 0 Å². The molecule has 1 aromatic rings. The highest BCUT2D eigenvalue weighted by molar-refractivity contribution is 6.34. The Balaban J connectivity index is 1.57. The smallest absolute Gasteiger partial charge is 0.238 e. The molecule has 1 saturated heterocycles. The van der Waals surface area contributed by atoms with Crippen LogP contribution in [0.3, 0.4) is 0 Å². The van der Waals surface area contributed by atoms with Crippen LogP contribution in [0.1, 0.15) is 43.2 Å². The van der Waals surface area contributed by atoms with Crippen molar-refractivity contribution in [2.45, 2.75) is 46.0 Å². The molecule has 23 heavy (non-hydrogen) atoms. The van der Waals surface area contributed by atoms with Crippen LogP contribution in [0, 0.1) is 25.7 Å². The van der Waals surface area contributed by atoms with Crippen molar-refractivity contribution in [1.82, 2.24) is 4.90 Å². The molecule has 1 aromatic carbocycles. The van der Waals surface area contributed by atoms with E-state index in [4.69, 9.17) is 11.6 Å². The number of benzene rings is 1. The summed E-state index contributed by atoms with van der Waals surface area (Å²) >= 11 is 6.28. The lowest BCUT2D eigenvalue weighted by Gasteiger charge is -2.41. The van der Waals surface area contributed by atoms with Crippen LogP contribution >= 0.6 is 11.6 Å². The van der Waals surface area contributed by atoms with Gasteiger partial charge in [-0.3, -0.25) is 9.69 Å². The maximum atomic E-state index is 12.4. The molecule has 0 bridgehead atoms. The van der Waals surface area contributed by atoms with Gasteiger partial charge in [-0.2, -0.15) is 0 Å². The molecule has 2 atom stereocenters. The molecule has 3 nitrogen and oxygen atoms in total. The van der Waals surface area contributed by atoms with Crippen molar-refractivity contribution in [2.75, 3.05) is 25.0 Å². The Morgan fingerprint density at radius 3 is 2.70 bits per heavy atom.